The normalized spacial score (nSPS) is 14.7. The molecule has 1 aliphatic rings. The number of methoxy groups -OCH3 is 1. The minimum atomic E-state index is -1.75. The SMILES string of the molecule is CCOc1c(Br)cc(/C=C2/SC(=O)N(CC(=O)Nc3ccc(F)c(F)c3F)C2=O)cc1OC. The smallest absolute Gasteiger partial charge is 0.294 e. The van der Waals surface area contributed by atoms with E-state index in [4.69, 9.17) is 9.47 Å². The van der Waals surface area contributed by atoms with Gasteiger partial charge in [-0.3, -0.25) is 19.3 Å². The first-order valence-electron chi connectivity index (χ1n) is 9.35. The summed E-state index contributed by atoms with van der Waals surface area (Å²) in [5.41, 5.74) is -0.0891. The van der Waals surface area contributed by atoms with Crippen LogP contribution in [-0.2, 0) is 9.59 Å². The molecule has 1 heterocycles. The summed E-state index contributed by atoms with van der Waals surface area (Å²) in [6.45, 7) is 1.48. The fourth-order valence-electron chi connectivity index (χ4n) is 2.85. The zero-order valence-electron chi connectivity index (χ0n) is 17.2. The average Bonchev–Trinajstić information content (AvgIpc) is 3.03. The standard InChI is InChI=1S/C21H16BrF3N2O5S/c1-3-32-19-11(22)6-10(7-14(19)31-2)8-15-20(29)27(21(30)33-15)9-16(28)26-13-5-4-12(23)17(24)18(13)25/h4-8H,3,9H2,1-2H3,(H,26,28)/b15-8+. The van der Waals surface area contributed by atoms with E-state index < -0.39 is 46.7 Å². The van der Waals surface area contributed by atoms with Crippen molar-refractivity contribution in [3.8, 4) is 11.5 Å². The Bertz CT molecular complexity index is 1180. The maximum absolute atomic E-state index is 13.8. The Morgan fingerprint density at radius 2 is 1.94 bits per heavy atom. The molecule has 12 heteroatoms. The Hall–Kier alpha value is -2.99. The molecule has 0 atom stereocenters. The van der Waals surface area contributed by atoms with Gasteiger partial charge in [-0.25, -0.2) is 13.2 Å². The average molecular weight is 545 g/mol. The molecule has 174 valence electrons. The molecule has 0 saturated carbocycles. The molecular formula is C21H16BrF3N2O5S. The first-order chi connectivity index (χ1) is 15.7. The van der Waals surface area contributed by atoms with Gasteiger partial charge in [0.1, 0.15) is 6.54 Å². The molecule has 0 radical (unpaired) electrons. The minimum Gasteiger partial charge on any atom is -0.493 e. The van der Waals surface area contributed by atoms with E-state index >= 15 is 0 Å². The number of ether oxygens (including phenoxy) is 2. The largest absolute Gasteiger partial charge is 0.493 e. The van der Waals surface area contributed by atoms with Gasteiger partial charge in [-0.1, -0.05) is 0 Å². The second-order valence-electron chi connectivity index (χ2n) is 6.51. The molecule has 0 bridgehead atoms. The Morgan fingerprint density at radius 1 is 1.21 bits per heavy atom. The number of benzene rings is 2. The van der Waals surface area contributed by atoms with Crippen LogP contribution in [0.15, 0.2) is 33.6 Å². The monoisotopic (exact) mass is 544 g/mol. The molecule has 0 unspecified atom stereocenters. The molecule has 0 aromatic heterocycles. The van der Waals surface area contributed by atoms with E-state index in [1.807, 2.05) is 12.2 Å². The first-order valence-corrected chi connectivity index (χ1v) is 11.0. The molecule has 0 spiro atoms. The van der Waals surface area contributed by atoms with Crippen LogP contribution in [0, 0.1) is 17.5 Å². The molecule has 3 amide bonds. The van der Waals surface area contributed by atoms with Crippen LogP contribution in [0.5, 0.6) is 11.5 Å². The summed E-state index contributed by atoms with van der Waals surface area (Å²) in [4.78, 5) is 37.8. The second kappa shape index (κ2) is 10.3. The second-order valence-corrected chi connectivity index (χ2v) is 8.35. The molecule has 3 rings (SSSR count). The van der Waals surface area contributed by atoms with Crippen LogP contribution in [0.3, 0.4) is 0 Å². The van der Waals surface area contributed by atoms with Crippen LogP contribution in [0.2, 0.25) is 0 Å². The van der Waals surface area contributed by atoms with Crippen molar-refractivity contribution in [2.75, 3.05) is 25.6 Å². The van der Waals surface area contributed by atoms with Crippen molar-refractivity contribution >= 4 is 56.5 Å². The Labute approximate surface area is 199 Å². The van der Waals surface area contributed by atoms with Crippen LogP contribution >= 0.6 is 27.7 Å². The molecule has 1 fully saturated rings. The fraction of sp³-hybridized carbons (Fsp3) is 0.190. The lowest BCUT2D eigenvalue weighted by Crippen LogP contribution is -2.36. The van der Waals surface area contributed by atoms with Gasteiger partial charge in [-0.05, 0) is 70.5 Å². The highest BCUT2D eigenvalue weighted by Gasteiger charge is 2.36. The number of hydrogen-bond acceptors (Lipinski definition) is 6. The summed E-state index contributed by atoms with van der Waals surface area (Å²) in [6, 6.07) is 4.75. The maximum Gasteiger partial charge on any atom is 0.294 e. The van der Waals surface area contributed by atoms with Crippen LogP contribution in [0.4, 0.5) is 23.7 Å². The molecule has 1 N–H and O–H groups in total. The number of nitrogens with one attached hydrogen (secondary N) is 1. The van der Waals surface area contributed by atoms with E-state index in [9.17, 15) is 27.6 Å². The Kier molecular flexibility index (Phi) is 7.69. The number of imide groups is 1. The molecule has 0 aliphatic carbocycles. The van der Waals surface area contributed by atoms with Crippen LogP contribution in [0.25, 0.3) is 6.08 Å². The number of carbonyl (C=O) groups is 3. The number of nitrogens with zero attached hydrogens (tertiary/aromatic N) is 1. The molecule has 1 aliphatic heterocycles. The topological polar surface area (TPSA) is 84.9 Å². The summed E-state index contributed by atoms with van der Waals surface area (Å²) >= 11 is 3.98. The summed E-state index contributed by atoms with van der Waals surface area (Å²) in [5.74, 6) is -5.58. The van der Waals surface area contributed by atoms with Crippen molar-refractivity contribution in [3.05, 3.63) is 56.7 Å². The van der Waals surface area contributed by atoms with Gasteiger partial charge < -0.3 is 14.8 Å². The lowest BCUT2D eigenvalue weighted by atomic mass is 10.2. The summed E-state index contributed by atoms with van der Waals surface area (Å²) in [7, 11) is 1.45. The van der Waals surface area contributed by atoms with Crippen molar-refractivity contribution in [2.45, 2.75) is 6.92 Å². The van der Waals surface area contributed by atoms with Gasteiger partial charge >= 0.3 is 0 Å². The third-order valence-corrected chi connectivity index (χ3v) is 5.82. The van der Waals surface area contributed by atoms with E-state index in [1.54, 1.807) is 12.1 Å². The van der Waals surface area contributed by atoms with E-state index in [-0.39, 0.29) is 4.91 Å². The third kappa shape index (κ3) is 5.33. The highest BCUT2D eigenvalue weighted by atomic mass is 79.9. The number of anilines is 1. The maximum atomic E-state index is 13.8. The lowest BCUT2D eigenvalue weighted by Gasteiger charge is -2.13. The van der Waals surface area contributed by atoms with Gasteiger partial charge in [-0.15, -0.1) is 0 Å². The van der Waals surface area contributed by atoms with Crippen molar-refractivity contribution in [3.63, 3.8) is 0 Å². The molecule has 33 heavy (non-hydrogen) atoms. The van der Waals surface area contributed by atoms with Crippen LogP contribution in [0.1, 0.15) is 12.5 Å². The number of thioether (sulfide) groups is 1. The van der Waals surface area contributed by atoms with Crippen LogP contribution in [-0.4, -0.2) is 42.2 Å². The van der Waals surface area contributed by atoms with Gasteiger partial charge in [0.15, 0.2) is 29.0 Å². The van der Waals surface area contributed by atoms with E-state index in [1.165, 1.54) is 13.2 Å². The highest BCUT2D eigenvalue weighted by Crippen LogP contribution is 2.39. The van der Waals surface area contributed by atoms with Crippen molar-refractivity contribution in [1.29, 1.82) is 0 Å². The number of halogens is 4. The molecule has 2 aromatic rings. The quantitative estimate of drug-likeness (QED) is 0.392. The van der Waals surface area contributed by atoms with E-state index in [0.717, 1.165) is 6.07 Å². The summed E-state index contributed by atoms with van der Waals surface area (Å²) in [5, 5.41) is 1.30. The predicted molar refractivity (Wildman–Crippen MR) is 119 cm³/mol. The predicted octanol–water partition coefficient (Wildman–Crippen LogP) is 4.95. The fourth-order valence-corrected chi connectivity index (χ4v) is 4.26. The van der Waals surface area contributed by atoms with Crippen molar-refractivity contribution < 1.29 is 37.0 Å². The van der Waals surface area contributed by atoms with Gasteiger partial charge in [0.2, 0.25) is 5.91 Å². The Morgan fingerprint density at radius 3 is 2.61 bits per heavy atom. The molecular weight excluding hydrogens is 529 g/mol. The molecule has 2 aromatic carbocycles. The number of rotatable bonds is 7. The number of amides is 3. The van der Waals surface area contributed by atoms with E-state index in [2.05, 4.69) is 15.9 Å². The highest BCUT2D eigenvalue weighted by molar-refractivity contribution is 9.10. The summed E-state index contributed by atoms with van der Waals surface area (Å²) in [6.07, 6.45) is 1.45. The van der Waals surface area contributed by atoms with Gasteiger partial charge in [0.25, 0.3) is 11.1 Å². The number of carbonyl (C=O) groups excluding carboxylic acids is 3. The van der Waals surface area contributed by atoms with Crippen molar-refractivity contribution in [2.24, 2.45) is 0 Å². The third-order valence-electron chi connectivity index (χ3n) is 4.32. The summed E-state index contributed by atoms with van der Waals surface area (Å²) < 4.78 is 51.5. The Balaban J connectivity index is 1.77. The van der Waals surface area contributed by atoms with Gasteiger partial charge in [0.05, 0.1) is 28.8 Å². The zero-order chi connectivity index (χ0) is 24.3. The lowest BCUT2D eigenvalue weighted by molar-refractivity contribution is -0.127. The van der Waals surface area contributed by atoms with Crippen molar-refractivity contribution in [1.82, 2.24) is 4.90 Å². The molecule has 7 nitrogen and oxygen atoms in total. The first kappa shape index (κ1) is 24.6. The van der Waals surface area contributed by atoms with Gasteiger partial charge in [-0.2, -0.15) is 0 Å². The van der Waals surface area contributed by atoms with Gasteiger partial charge in [0, 0.05) is 0 Å². The van der Waals surface area contributed by atoms with Crippen LogP contribution < -0.4 is 14.8 Å². The zero-order valence-corrected chi connectivity index (χ0v) is 19.6. The van der Waals surface area contributed by atoms with E-state index in [0.29, 0.717) is 50.9 Å². The number of hydrogen-bond donors (Lipinski definition) is 1. The molecule has 1 saturated heterocycles. The minimum absolute atomic E-state index is 0.0462.